The van der Waals surface area contributed by atoms with Gasteiger partial charge in [0.15, 0.2) is 6.29 Å². The van der Waals surface area contributed by atoms with Crippen LogP contribution < -0.4 is 0 Å². The predicted molar refractivity (Wildman–Crippen MR) is 78.2 cm³/mol. The van der Waals surface area contributed by atoms with Gasteiger partial charge in [-0.1, -0.05) is 41.9 Å². The minimum absolute atomic E-state index is 0.0447. The summed E-state index contributed by atoms with van der Waals surface area (Å²) in [6.07, 6.45) is 12.8. The summed E-state index contributed by atoms with van der Waals surface area (Å²) in [7, 11) is 0. The van der Waals surface area contributed by atoms with Crippen molar-refractivity contribution < 1.29 is 9.47 Å². The molecule has 0 spiro atoms. The van der Waals surface area contributed by atoms with Crippen molar-refractivity contribution in [2.45, 2.75) is 63.8 Å². The average molecular weight is 350 g/mol. The molecular formula is C14H23IO2. The van der Waals surface area contributed by atoms with Crippen molar-refractivity contribution in [3.05, 3.63) is 10.2 Å². The fourth-order valence-electron chi connectivity index (χ4n) is 2.84. The Kier molecular flexibility index (Phi) is 6.29. The Morgan fingerprint density at radius 2 is 1.82 bits per heavy atom. The highest BCUT2D eigenvalue weighted by Crippen LogP contribution is 2.30. The molecule has 98 valence electrons. The minimum Gasteiger partial charge on any atom is -0.353 e. The Bertz CT molecular complexity index is 230. The highest BCUT2D eigenvalue weighted by atomic mass is 127. The Morgan fingerprint density at radius 3 is 2.47 bits per heavy atom. The summed E-state index contributed by atoms with van der Waals surface area (Å²) in [5, 5.41) is 0. The zero-order valence-electron chi connectivity index (χ0n) is 10.4. The normalized spacial score (nSPS) is 29.6. The average Bonchev–Trinajstić information content (AvgIpc) is 2.40. The van der Waals surface area contributed by atoms with E-state index in [-0.39, 0.29) is 12.4 Å². The number of hydrogen-bond donors (Lipinski definition) is 0. The molecule has 1 saturated carbocycles. The molecule has 2 aliphatic rings. The first kappa shape index (κ1) is 13.8. The SMILES string of the molecule is I/C=C/C(OC1CCCCO1)C1CCCCC1. The molecular weight excluding hydrogens is 327 g/mol. The summed E-state index contributed by atoms with van der Waals surface area (Å²) in [6.45, 7) is 0.871. The van der Waals surface area contributed by atoms with Crippen molar-refractivity contribution in [3.8, 4) is 0 Å². The molecule has 0 aromatic carbocycles. The smallest absolute Gasteiger partial charge is 0.158 e. The molecule has 2 nitrogen and oxygen atoms in total. The van der Waals surface area contributed by atoms with Crippen molar-refractivity contribution in [2.75, 3.05) is 6.61 Å². The zero-order chi connectivity index (χ0) is 11.9. The summed E-state index contributed by atoms with van der Waals surface area (Å²) in [5.41, 5.74) is 0. The first-order chi connectivity index (χ1) is 8.40. The molecule has 0 amide bonds. The van der Waals surface area contributed by atoms with E-state index in [0.29, 0.717) is 5.92 Å². The lowest BCUT2D eigenvalue weighted by Gasteiger charge is -2.32. The quantitative estimate of drug-likeness (QED) is 0.699. The van der Waals surface area contributed by atoms with Crippen LogP contribution in [0.5, 0.6) is 0 Å². The predicted octanol–water partition coefficient (Wildman–Crippen LogP) is 4.43. The molecule has 0 bridgehead atoms. The van der Waals surface area contributed by atoms with Gasteiger partial charge in [-0.25, -0.2) is 0 Å². The largest absolute Gasteiger partial charge is 0.353 e. The maximum absolute atomic E-state index is 6.16. The summed E-state index contributed by atoms with van der Waals surface area (Å²) in [6, 6.07) is 0. The first-order valence-electron chi connectivity index (χ1n) is 6.94. The van der Waals surface area contributed by atoms with E-state index < -0.39 is 0 Å². The fraction of sp³-hybridized carbons (Fsp3) is 0.857. The van der Waals surface area contributed by atoms with Crippen molar-refractivity contribution in [3.63, 3.8) is 0 Å². The summed E-state index contributed by atoms with van der Waals surface area (Å²) >= 11 is 2.29. The highest BCUT2D eigenvalue weighted by molar-refractivity contribution is 14.1. The van der Waals surface area contributed by atoms with Gasteiger partial charge >= 0.3 is 0 Å². The first-order valence-corrected chi connectivity index (χ1v) is 8.18. The molecule has 17 heavy (non-hydrogen) atoms. The minimum atomic E-state index is 0.0447. The third-order valence-electron chi connectivity index (χ3n) is 3.82. The van der Waals surface area contributed by atoms with Gasteiger partial charge in [-0.15, -0.1) is 0 Å². The third-order valence-corrected chi connectivity index (χ3v) is 4.24. The molecule has 2 fully saturated rings. The van der Waals surface area contributed by atoms with Crippen LogP contribution in [0.25, 0.3) is 0 Å². The Labute approximate surface area is 118 Å². The van der Waals surface area contributed by atoms with E-state index in [1.165, 1.54) is 44.9 Å². The fourth-order valence-corrected chi connectivity index (χ4v) is 3.25. The van der Waals surface area contributed by atoms with E-state index in [1.54, 1.807) is 0 Å². The molecule has 2 atom stereocenters. The van der Waals surface area contributed by atoms with Gasteiger partial charge in [-0.05, 0) is 48.2 Å². The molecule has 1 heterocycles. The second kappa shape index (κ2) is 7.74. The lowest BCUT2D eigenvalue weighted by molar-refractivity contribution is -0.189. The second-order valence-electron chi connectivity index (χ2n) is 5.11. The van der Waals surface area contributed by atoms with Crippen LogP contribution in [0.3, 0.4) is 0 Å². The van der Waals surface area contributed by atoms with Gasteiger partial charge in [0.05, 0.1) is 6.10 Å². The Morgan fingerprint density at radius 1 is 1.06 bits per heavy atom. The van der Waals surface area contributed by atoms with E-state index in [4.69, 9.17) is 9.47 Å². The van der Waals surface area contributed by atoms with Crippen LogP contribution in [0.4, 0.5) is 0 Å². The van der Waals surface area contributed by atoms with E-state index >= 15 is 0 Å². The molecule has 0 aromatic heterocycles. The van der Waals surface area contributed by atoms with E-state index in [9.17, 15) is 0 Å². The lowest BCUT2D eigenvalue weighted by Crippen LogP contribution is -2.32. The molecule has 3 heteroatoms. The Hall–Kier alpha value is 0.390. The Balaban J connectivity index is 1.86. The van der Waals surface area contributed by atoms with E-state index in [2.05, 4.69) is 32.7 Å². The molecule has 2 rings (SSSR count). The molecule has 1 aliphatic carbocycles. The van der Waals surface area contributed by atoms with Crippen LogP contribution in [0, 0.1) is 5.92 Å². The van der Waals surface area contributed by atoms with Gasteiger partial charge in [-0.3, -0.25) is 0 Å². The topological polar surface area (TPSA) is 18.5 Å². The third kappa shape index (κ3) is 4.52. The van der Waals surface area contributed by atoms with Crippen LogP contribution in [-0.2, 0) is 9.47 Å². The van der Waals surface area contributed by atoms with Crippen LogP contribution in [0.15, 0.2) is 10.2 Å². The van der Waals surface area contributed by atoms with Crippen LogP contribution in [-0.4, -0.2) is 19.0 Å². The maximum atomic E-state index is 6.16. The van der Waals surface area contributed by atoms with Crippen molar-refractivity contribution in [1.29, 1.82) is 0 Å². The number of hydrogen-bond acceptors (Lipinski definition) is 2. The van der Waals surface area contributed by atoms with Gasteiger partial charge in [0, 0.05) is 6.61 Å². The molecule has 1 saturated heterocycles. The molecule has 0 N–H and O–H groups in total. The van der Waals surface area contributed by atoms with Crippen LogP contribution >= 0.6 is 22.6 Å². The highest BCUT2D eigenvalue weighted by Gasteiger charge is 2.26. The monoisotopic (exact) mass is 350 g/mol. The lowest BCUT2D eigenvalue weighted by atomic mass is 9.85. The van der Waals surface area contributed by atoms with Crippen LogP contribution in [0.1, 0.15) is 51.4 Å². The summed E-state index contributed by atoms with van der Waals surface area (Å²) < 4.78 is 13.9. The van der Waals surface area contributed by atoms with Gasteiger partial charge in [0.25, 0.3) is 0 Å². The van der Waals surface area contributed by atoms with Crippen molar-refractivity contribution in [2.24, 2.45) is 5.92 Å². The maximum Gasteiger partial charge on any atom is 0.158 e. The standard InChI is InChI=1S/C14H23IO2/c15-10-9-13(12-6-2-1-3-7-12)17-14-8-4-5-11-16-14/h9-10,12-14H,1-8,11H2/b10-9+. The second-order valence-corrected chi connectivity index (χ2v) is 5.83. The number of rotatable bonds is 4. The van der Waals surface area contributed by atoms with E-state index in [1.807, 2.05) is 0 Å². The van der Waals surface area contributed by atoms with Crippen molar-refractivity contribution >= 4 is 22.6 Å². The number of halogens is 1. The van der Waals surface area contributed by atoms with Gasteiger partial charge in [0.2, 0.25) is 0 Å². The van der Waals surface area contributed by atoms with Gasteiger partial charge in [-0.2, -0.15) is 0 Å². The number of ether oxygens (including phenoxy) is 2. The van der Waals surface area contributed by atoms with E-state index in [0.717, 1.165) is 13.0 Å². The summed E-state index contributed by atoms with van der Waals surface area (Å²) in [4.78, 5) is 0. The summed E-state index contributed by atoms with van der Waals surface area (Å²) in [5.74, 6) is 0.709. The molecule has 0 aromatic rings. The zero-order valence-corrected chi connectivity index (χ0v) is 12.6. The molecule has 0 radical (unpaired) electrons. The molecule has 1 aliphatic heterocycles. The van der Waals surface area contributed by atoms with Gasteiger partial charge < -0.3 is 9.47 Å². The van der Waals surface area contributed by atoms with Gasteiger partial charge in [0.1, 0.15) is 0 Å². The van der Waals surface area contributed by atoms with Crippen LogP contribution in [0.2, 0.25) is 0 Å². The molecule has 2 unspecified atom stereocenters. The van der Waals surface area contributed by atoms with Crippen molar-refractivity contribution in [1.82, 2.24) is 0 Å².